The van der Waals surface area contributed by atoms with Gasteiger partial charge in [-0.05, 0) is 31.9 Å². The van der Waals surface area contributed by atoms with E-state index in [1.807, 2.05) is 25.1 Å². The molecular weight excluding hydrogens is 202 g/mol. The molecule has 0 aliphatic heterocycles. The predicted molar refractivity (Wildman–Crippen MR) is 65.8 cm³/mol. The van der Waals surface area contributed by atoms with Crippen molar-refractivity contribution in [2.45, 2.75) is 32.4 Å². The van der Waals surface area contributed by atoms with Crippen LogP contribution in [0.3, 0.4) is 0 Å². The van der Waals surface area contributed by atoms with E-state index >= 15 is 0 Å². The van der Waals surface area contributed by atoms with E-state index in [9.17, 15) is 0 Å². The largest absolute Gasteiger partial charge is 0.496 e. The lowest BCUT2D eigenvalue weighted by Crippen LogP contribution is -2.38. The molecule has 0 heterocycles. The molecule has 1 rings (SSSR count). The van der Waals surface area contributed by atoms with Crippen LogP contribution in [0.15, 0.2) is 24.3 Å². The van der Waals surface area contributed by atoms with Crippen molar-refractivity contribution in [3.05, 3.63) is 29.8 Å². The zero-order chi connectivity index (χ0) is 12.0. The van der Waals surface area contributed by atoms with Crippen molar-refractivity contribution >= 4 is 0 Å². The van der Waals surface area contributed by atoms with Crippen LogP contribution in [0, 0.1) is 0 Å². The molecule has 0 amide bonds. The van der Waals surface area contributed by atoms with Crippen LogP contribution in [0.5, 0.6) is 5.75 Å². The lowest BCUT2D eigenvalue weighted by Gasteiger charge is -2.19. The fraction of sp³-hybridized carbons (Fsp3) is 0.538. The number of aliphatic hydroxyl groups excluding tert-OH is 1. The van der Waals surface area contributed by atoms with Crippen LogP contribution in [0.25, 0.3) is 0 Å². The number of para-hydroxylation sites is 1. The standard InChI is InChI=1S/C13H21NO2/c1-10(14-11(2)9-15)8-12-6-4-5-7-13(12)16-3/h4-7,10-11,14-15H,8-9H2,1-3H3. The molecule has 0 saturated heterocycles. The van der Waals surface area contributed by atoms with Crippen LogP contribution in [0.1, 0.15) is 19.4 Å². The minimum absolute atomic E-state index is 0.129. The molecule has 2 unspecified atom stereocenters. The number of hydrogen-bond donors (Lipinski definition) is 2. The van der Waals surface area contributed by atoms with E-state index in [-0.39, 0.29) is 12.6 Å². The Morgan fingerprint density at radius 3 is 2.56 bits per heavy atom. The second-order valence-electron chi connectivity index (χ2n) is 4.17. The molecule has 0 spiro atoms. The number of rotatable bonds is 6. The quantitative estimate of drug-likeness (QED) is 0.769. The maximum absolute atomic E-state index is 8.96. The van der Waals surface area contributed by atoms with Crippen LogP contribution in [0.2, 0.25) is 0 Å². The Morgan fingerprint density at radius 1 is 1.25 bits per heavy atom. The van der Waals surface area contributed by atoms with Crippen molar-refractivity contribution in [1.82, 2.24) is 5.32 Å². The summed E-state index contributed by atoms with van der Waals surface area (Å²) in [5.74, 6) is 0.924. The van der Waals surface area contributed by atoms with Crippen molar-refractivity contribution in [1.29, 1.82) is 0 Å². The summed E-state index contributed by atoms with van der Waals surface area (Å²) in [6, 6.07) is 8.47. The summed E-state index contributed by atoms with van der Waals surface area (Å²) in [6.45, 7) is 4.24. The van der Waals surface area contributed by atoms with Gasteiger partial charge in [0.2, 0.25) is 0 Å². The van der Waals surface area contributed by atoms with E-state index in [2.05, 4.69) is 18.3 Å². The van der Waals surface area contributed by atoms with Gasteiger partial charge in [-0.3, -0.25) is 0 Å². The average molecular weight is 223 g/mol. The molecule has 3 heteroatoms. The molecule has 0 fully saturated rings. The van der Waals surface area contributed by atoms with Gasteiger partial charge in [0.15, 0.2) is 0 Å². The molecule has 0 saturated carbocycles. The third-order valence-electron chi connectivity index (χ3n) is 2.56. The van der Waals surface area contributed by atoms with E-state index in [0.717, 1.165) is 12.2 Å². The van der Waals surface area contributed by atoms with Crippen LogP contribution >= 0.6 is 0 Å². The molecule has 16 heavy (non-hydrogen) atoms. The average Bonchev–Trinajstić information content (AvgIpc) is 2.29. The molecule has 0 bridgehead atoms. The second-order valence-corrected chi connectivity index (χ2v) is 4.17. The first-order valence-corrected chi connectivity index (χ1v) is 5.66. The van der Waals surface area contributed by atoms with Gasteiger partial charge in [0.05, 0.1) is 13.7 Å². The van der Waals surface area contributed by atoms with E-state index in [1.165, 1.54) is 5.56 Å². The third kappa shape index (κ3) is 3.83. The molecule has 1 aromatic rings. The first-order chi connectivity index (χ1) is 7.67. The van der Waals surface area contributed by atoms with E-state index in [4.69, 9.17) is 9.84 Å². The van der Waals surface area contributed by atoms with Crippen LogP contribution in [0.4, 0.5) is 0 Å². The zero-order valence-corrected chi connectivity index (χ0v) is 10.2. The number of methoxy groups -OCH3 is 1. The molecule has 90 valence electrons. The number of nitrogens with one attached hydrogen (secondary N) is 1. The Labute approximate surface area is 97.4 Å². The Bertz CT molecular complexity index is 315. The maximum Gasteiger partial charge on any atom is 0.122 e. The molecule has 2 N–H and O–H groups in total. The van der Waals surface area contributed by atoms with Gasteiger partial charge < -0.3 is 15.2 Å². The number of benzene rings is 1. The summed E-state index contributed by atoms with van der Waals surface area (Å²) in [4.78, 5) is 0. The molecule has 0 aliphatic rings. The lowest BCUT2D eigenvalue weighted by atomic mass is 10.1. The SMILES string of the molecule is COc1ccccc1CC(C)NC(C)CO. The predicted octanol–water partition coefficient (Wildman–Crippen LogP) is 1.60. The smallest absolute Gasteiger partial charge is 0.122 e. The van der Waals surface area contributed by atoms with Crippen LogP contribution in [-0.4, -0.2) is 30.9 Å². The van der Waals surface area contributed by atoms with Gasteiger partial charge >= 0.3 is 0 Å². The van der Waals surface area contributed by atoms with Gasteiger partial charge in [0, 0.05) is 12.1 Å². The second kappa shape index (κ2) is 6.51. The molecule has 1 aromatic carbocycles. The molecule has 3 nitrogen and oxygen atoms in total. The van der Waals surface area contributed by atoms with Crippen molar-refractivity contribution in [3.63, 3.8) is 0 Å². The van der Waals surface area contributed by atoms with Gasteiger partial charge in [-0.2, -0.15) is 0 Å². The highest BCUT2D eigenvalue weighted by Crippen LogP contribution is 2.18. The van der Waals surface area contributed by atoms with Crippen molar-refractivity contribution in [2.24, 2.45) is 0 Å². The summed E-state index contributed by atoms with van der Waals surface area (Å²) in [6.07, 6.45) is 0.897. The highest BCUT2D eigenvalue weighted by molar-refractivity contribution is 5.33. The third-order valence-corrected chi connectivity index (χ3v) is 2.56. The highest BCUT2D eigenvalue weighted by Gasteiger charge is 2.09. The molecular formula is C13H21NO2. The fourth-order valence-electron chi connectivity index (χ4n) is 1.80. The number of aliphatic hydroxyl groups is 1. The first kappa shape index (κ1) is 13.0. The van der Waals surface area contributed by atoms with E-state index in [0.29, 0.717) is 6.04 Å². The van der Waals surface area contributed by atoms with Gasteiger partial charge in [-0.1, -0.05) is 18.2 Å². The van der Waals surface area contributed by atoms with Gasteiger partial charge in [-0.25, -0.2) is 0 Å². The topological polar surface area (TPSA) is 41.5 Å². The van der Waals surface area contributed by atoms with E-state index < -0.39 is 0 Å². The highest BCUT2D eigenvalue weighted by atomic mass is 16.5. The fourth-order valence-corrected chi connectivity index (χ4v) is 1.80. The van der Waals surface area contributed by atoms with E-state index in [1.54, 1.807) is 7.11 Å². The number of ether oxygens (including phenoxy) is 1. The Hall–Kier alpha value is -1.06. The lowest BCUT2D eigenvalue weighted by molar-refractivity contribution is 0.242. The van der Waals surface area contributed by atoms with Gasteiger partial charge in [0.25, 0.3) is 0 Å². The Morgan fingerprint density at radius 2 is 1.94 bits per heavy atom. The summed E-state index contributed by atoms with van der Waals surface area (Å²) < 4.78 is 5.30. The zero-order valence-electron chi connectivity index (χ0n) is 10.2. The molecule has 0 radical (unpaired) electrons. The summed E-state index contributed by atoms with van der Waals surface area (Å²) in [5.41, 5.74) is 1.19. The minimum Gasteiger partial charge on any atom is -0.496 e. The maximum atomic E-state index is 8.96. The van der Waals surface area contributed by atoms with Crippen LogP contribution < -0.4 is 10.1 Å². The van der Waals surface area contributed by atoms with Crippen LogP contribution in [-0.2, 0) is 6.42 Å². The summed E-state index contributed by atoms with van der Waals surface area (Å²) in [7, 11) is 1.69. The van der Waals surface area contributed by atoms with Gasteiger partial charge in [-0.15, -0.1) is 0 Å². The Balaban J connectivity index is 2.58. The number of hydrogen-bond acceptors (Lipinski definition) is 3. The molecule has 2 atom stereocenters. The van der Waals surface area contributed by atoms with Crippen molar-refractivity contribution < 1.29 is 9.84 Å². The summed E-state index contributed by atoms with van der Waals surface area (Å²) >= 11 is 0. The normalized spacial score (nSPS) is 14.5. The van der Waals surface area contributed by atoms with Crippen molar-refractivity contribution in [2.75, 3.05) is 13.7 Å². The van der Waals surface area contributed by atoms with Gasteiger partial charge in [0.1, 0.15) is 5.75 Å². The minimum atomic E-state index is 0.129. The molecule has 0 aliphatic carbocycles. The van der Waals surface area contributed by atoms with Crippen molar-refractivity contribution in [3.8, 4) is 5.75 Å². The first-order valence-electron chi connectivity index (χ1n) is 5.66. The molecule has 0 aromatic heterocycles. The monoisotopic (exact) mass is 223 g/mol. The Kier molecular flexibility index (Phi) is 5.29. The summed E-state index contributed by atoms with van der Waals surface area (Å²) in [5, 5.41) is 12.3.